The van der Waals surface area contributed by atoms with E-state index in [9.17, 15) is 4.79 Å². The van der Waals surface area contributed by atoms with Gasteiger partial charge in [-0.3, -0.25) is 4.79 Å². The Kier molecular flexibility index (Phi) is 3.75. The lowest BCUT2D eigenvalue weighted by molar-refractivity contribution is -0.152. The molecule has 0 saturated carbocycles. The number of ether oxygens (including phenoxy) is 1. The summed E-state index contributed by atoms with van der Waals surface area (Å²) in [6.45, 7) is 5.54. The molecule has 1 atom stereocenters. The van der Waals surface area contributed by atoms with Gasteiger partial charge in [-0.1, -0.05) is 0 Å². The second kappa shape index (κ2) is 4.70. The largest absolute Gasteiger partial charge is 0.469 e. The van der Waals surface area contributed by atoms with E-state index in [0.717, 1.165) is 11.5 Å². The molecule has 0 aliphatic rings. The van der Waals surface area contributed by atoms with Crippen molar-refractivity contribution in [3.8, 4) is 0 Å². The average molecular weight is 225 g/mol. The molecule has 1 N–H and O–H groups in total. The van der Waals surface area contributed by atoms with E-state index in [2.05, 4.69) is 5.32 Å². The highest BCUT2D eigenvalue weighted by Crippen LogP contribution is 2.34. The molecule has 0 aromatic carbocycles. The monoisotopic (exact) mass is 225 g/mol. The number of methoxy groups -OCH3 is 1. The van der Waals surface area contributed by atoms with E-state index in [0.29, 0.717) is 0 Å². The quantitative estimate of drug-likeness (QED) is 0.797. The van der Waals surface area contributed by atoms with Crippen LogP contribution in [0.1, 0.15) is 31.4 Å². The number of hydrogen-bond acceptors (Lipinski definition) is 4. The van der Waals surface area contributed by atoms with Gasteiger partial charge in [0.15, 0.2) is 0 Å². The maximum Gasteiger partial charge on any atom is 0.313 e. The first-order valence-electron chi connectivity index (χ1n) is 5.25. The molecule has 90 valence electrons. The Morgan fingerprint density at radius 3 is 2.50 bits per heavy atom. The molecule has 0 aliphatic carbocycles. The molecule has 1 heterocycles. The van der Waals surface area contributed by atoms with Crippen LogP contribution in [-0.2, 0) is 9.53 Å². The number of esters is 1. The van der Waals surface area contributed by atoms with Crippen molar-refractivity contribution in [2.45, 2.75) is 26.8 Å². The Morgan fingerprint density at radius 1 is 1.50 bits per heavy atom. The van der Waals surface area contributed by atoms with Gasteiger partial charge in [-0.05, 0) is 40.0 Å². The average Bonchev–Trinajstić information content (AvgIpc) is 2.64. The number of furan rings is 1. The van der Waals surface area contributed by atoms with Crippen LogP contribution in [0.3, 0.4) is 0 Å². The maximum atomic E-state index is 11.7. The lowest BCUT2D eigenvalue weighted by Crippen LogP contribution is -2.38. The molecule has 0 aliphatic heterocycles. The van der Waals surface area contributed by atoms with Crippen molar-refractivity contribution in [2.24, 2.45) is 5.41 Å². The molecular weight excluding hydrogens is 206 g/mol. The van der Waals surface area contributed by atoms with E-state index in [-0.39, 0.29) is 12.0 Å². The first kappa shape index (κ1) is 12.8. The fourth-order valence-corrected chi connectivity index (χ4v) is 1.85. The fourth-order valence-electron chi connectivity index (χ4n) is 1.85. The Hall–Kier alpha value is -1.29. The summed E-state index contributed by atoms with van der Waals surface area (Å²) in [6, 6.07) is 3.56. The minimum Gasteiger partial charge on any atom is -0.469 e. The van der Waals surface area contributed by atoms with E-state index >= 15 is 0 Å². The Labute approximate surface area is 96.0 Å². The minimum atomic E-state index is -0.673. The summed E-state index contributed by atoms with van der Waals surface area (Å²) in [5, 5.41) is 3.09. The summed E-state index contributed by atoms with van der Waals surface area (Å²) in [5.74, 6) is 1.31. The zero-order valence-electron chi connectivity index (χ0n) is 10.5. The normalized spacial score (nSPS) is 13.6. The zero-order valence-corrected chi connectivity index (χ0v) is 10.5. The predicted octanol–water partition coefficient (Wildman–Crippen LogP) is 2.05. The minimum absolute atomic E-state index is 0.200. The highest BCUT2D eigenvalue weighted by molar-refractivity contribution is 5.76. The van der Waals surface area contributed by atoms with Crippen molar-refractivity contribution in [1.29, 1.82) is 0 Å². The van der Waals surface area contributed by atoms with Crippen LogP contribution in [-0.4, -0.2) is 20.1 Å². The van der Waals surface area contributed by atoms with Crippen LogP contribution in [0.25, 0.3) is 0 Å². The molecule has 0 amide bonds. The van der Waals surface area contributed by atoms with E-state index in [1.54, 1.807) is 7.05 Å². The summed E-state index contributed by atoms with van der Waals surface area (Å²) in [7, 11) is 3.19. The van der Waals surface area contributed by atoms with Gasteiger partial charge in [0.1, 0.15) is 11.5 Å². The van der Waals surface area contributed by atoms with Crippen molar-refractivity contribution in [2.75, 3.05) is 14.2 Å². The molecule has 1 unspecified atom stereocenters. The van der Waals surface area contributed by atoms with Crippen molar-refractivity contribution < 1.29 is 13.9 Å². The van der Waals surface area contributed by atoms with Crippen molar-refractivity contribution >= 4 is 5.97 Å². The Bertz CT molecular complexity index is 368. The van der Waals surface area contributed by atoms with E-state index in [1.807, 2.05) is 32.9 Å². The third-order valence-electron chi connectivity index (χ3n) is 2.77. The molecule has 1 rings (SSSR count). The first-order chi connectivity index (χ1) is 7.43. The van der Waals surface area contributed by atoms with Gasteiger partial charge in [-0.2, -0.15) is 0 Å². The SMILES string of the molecule is CNC(c1ccc(C)o1)C(C)(C)C(=O)OC. The number of nitrogens with one attached hydrogen (secondary N) is 1. The van der Waals surface area contributed by atoms with Gasteiger partial charge in [0.2, 0.25) is 0 Å². The van der Waals surface area contributed by atoms with Crippen LogP contribution in [0.2, 0.25) is 0 Å². The first-order valence-corrected chi connectivity index (χ1v) is 5.25. The second-order valence-corrected chi connectivity index (χ2v) is 4.38. The van der Waals surface area contributed by atoms with Crippen LogP contribution in [0, 0.1) is 12.3 Å². The van der Waals surface area contributed by atoms with Gasteiger partial charge in [0, 0.05) is 0 Å². The number of aryl methyl sites for hydroxylation is 1. The fraction of sp³-hybridized carbons (Fsp3) is 0.583. The van der Waals surface area contributed by atoms with Crippen molar-refractivity contribution in [3.63, 3.8) is 0 Å². The van der Waals surface area contributed by atoms with E-state index in [4.69, 9.17) is 9.15 Å². The van der Waals surface area contributed by atoms with Crippen molar-refractivity contribution in [3.05, 3.63) is 23.7 Å². The van der Waals surface area contributed by atoms with Gasteiger partial charge < -0.3 is 14.5 Å². The summed E-state index contributed by atoms with van der Waals surface area (Å²) in [6.07, 6.45) is 0. The molecule has 4 heteroatoms. The van der Waals surface area contributed by atoms with Gasteiger partial charge in [0.25, 0.3) is 0 Å². The zero-order chi connectivity index (χ0) is 12.3. The molecule has 16 heavy (non-hydrogen) atoms. The molecule has 1 aromatic heterocycles. The summed E-state index contributed by atoms with van der Waals surface area (Å²) in [5.41, 5.74) is -0.673. The number of rotatable bonds is 4. The third kappa shape index (κ3) is 2.27. The molecule has 0 saturated heterocycles. The van der Waals surface area contributed by atoms with E-state index in [1.165, 1.54) is 7.11 Å². The molecule has 0 spiro atoms. The lowest BCUT2D eigenvalue weighted by atomic mass is 9.83. The third-order valence-corrected chi connectivity index (χ3v) is 2.77. The molecule has 0 bridgehead atoms. The molecule has 0 fully saturated rings. The molecule has 4 nitrogen and oxygen atoms in total. The lowest BCUT2D eigenvalue weighted by Gasteiger charge is -2.29. The Balaban J connectivity index is 3.02. The highest BCUT2D eigenvalue weighted by Gasteiger charge is 2.39. The van der Waals surface area contributed by atoms with Crippen LogP contribution in [0.4, 0.5) is 0 Å². The number of hydrogen-bond donors (Lipinski definition) is 1. The van der Waals surface area contributed by atoms with Crippen LogP contribution >= 0.6 is 0 Å². The molecule has 0 radical (unpaired) electrons. The van der Waals surface area contributed by atoms with Crippen LogP contribution in [0.5, 0.6) is 0 Å². The van der Waals surface area contributed by atoms with Crippen LogP contribution < -0.4 is 5.32 Å². The topological polar surface area (TPSA) is 51.5 Å². The predicted molar refractivity (Wildman–Crippen MR) is 61.0 cm³/mol. The number of carbonyl (C=O) groups excluding carboxylic acids is 1. The summed E-state index contributed by atoms with van der Waals surface area (Å²) in [4.78, 5) is 11.7. The van der Waals surface area contributed by atoms with Gasteiger partial charge in [-0.15, -0.1) is 0 Å². The molecular formula is C12H19NO3. The molecule has 1 aromatic rings. The summed E-state index contributed by atoms with van der Waals surface area (Å²) >= 11 is 0. The second-order valence-electron chi connectivity index (χ2n) is 4.38. The van der Waals surface area contributed by atoms with Gasteiger partial charge in [0.05, 0.1) is 18.6 Å². The number of carbonyl (C=O) groups is 1. The standard InChI is InChI=1S/C12H19NO3/c1-8-6-7-9(16-8)10(13-4)12(2,3)11(14)15-5/h6-7,10,13H,1-5H3. The van der Waals surface area contributed by atoms with Gasteiger partial charge >= 0.3 is 5.97 Å². The smallest absolute Gasteiger partial charge is 0.313 e. The summed E-state index contributed by atoms with van der Waals surface area (Å²) < 4.78 is 10.4. The highest BCUT2D eigenvalue weighted by atomic mass is 16.5. The van der Waals surface area contributed by atoms with E-state index < -0.39 is 5.41 Å². The Morgan fingerprint density at radius 2 is 2.12 bits per heavy atom. The van der Waals surface area contributed by atoms with Crippen molar-refractivity contribution in [1.82, 2.24) is 5.32 Å². The van der Waals surface area contributed by atoms with Crippen LogP contribution in [0.15, 0.2) is 16.5 Å². The maximum absolute atomic E-state index is 11.7. The van der Waals surface area contributed by atoms with Gasteiger partial charge in [-0.25, -0.2) is 0 Å².